The van der Waals surface area contributed by atoms with E-state index in [0.717, 1.165) is 35.0 Å². The second kappa shape index (κ2) is 6.00. The molecule has 0 amide bonds. The molecule has 0 atom stereocenters. The van der Waals surface area contributed by atoms with E-state index < -0.39 is 11.6 Å². The van der Waals surface area contributed by atoms with E-state index in [1.54, 1.807) is 18.3 Å². The largest absolute Gasteiger partial charge is 0.369 e. The highest BCUT2D eigenvalue weighted by molar-refractivity contribution is 5.97. The molecule has 3 rings (SSSR count). The fourth-order valence-electron chi connectivity index (χ4n) is 2.29. The molecule has 6 heteroatoms. The van der Waals surface area contributed by atoms with Crippen molar-refractivity contribution in [3.8, 4) is 11.3 Å². The topological polar surface area (TPSA) is 71.8 Å². The summed E-state index contributed by atoms with van der Waals surface area (Å²) in [5.74, 6) is -1.55. The number of aromatic nitrogens is 2. The Balaban J connectivity index is 1.76. The number of carbonyl (C=O) groups is 1. The smallest absolute Gasteiger partial charge is 0.197 e. The molecular weight excluding hydrogens is 300 g/mol. The third-order valence-corrected chi connectivity index (χ3v) is 3.41. The Bertz CT molecular complexity index is 836. The Kier molecular flexibility index (Phi) is 3.89. The minimum absolute atomic E-state index is 0.0212. The SMILES string of the molecule is Nc1ncc(-c2ccc(CC(=O)c3cc(F)cc(F)c3)cc2)[nH]1. The van der Waals surface area contributed by atoms with Crippen LogP contribution in [-0.2, 0) is 6.42 Å². The molecule has 0 bridgehead atoms. The number of rotatable bonds is 4. The van der Waals surface area contributed by atoms with Gasteiger partial charge in [-0.3, -0.25) is 4.79 Å². The lowest BCUT2D eigenvalue weighted by atomic mass is 10.0. The van der Waals surface area contributed by atoms with Crippen molar-refractivity contribution in [2.24, 2.45) is 0 Å². The highest BCUT2D eigenvalue weighted by Crippen LogP contribution is 2.19. The van der Waals surface area contributed by atoms with Crippen molar-refractivity contribution in [1.29, 1.82) is 0 Å². The van der Waals surface area contributed by atoms with Crippen molar-refractivity contribution in [2.45, 2.75) is 6.42 Å². The van der Waals surface area contributed by atoms with Crippen molar-refractivity contribution in [1.82, 2.24) is 9.97 Å². The van der Waals surface area contributed by atoms with Crippen LogP contribution in [0.3, 0.4) is 0 Å². The van der Waals surface area contributed by atoms with E-state index in [1.807, 2.05) is 12.1 Å². The molecule has 0 aliphatic carbocycles. The lowest BCUT2D eigenvalue weighted by Gasteiger charge is -2.04. The number of ketones is 1. The number of benzene rings is 2. The van der Waals surface area contributed by atoms with Crippen LogP contribution >= 0.6 is 0 Å². The first-order valence-corrected chi connectivity index (χ1v) is 6.90. The highest BCUT2D eigenvalue weighted by Gasteiger charge is 2.10. The van der Waals surface area contributed by atoms with Crippen LogP contribution in [-0.4, -0.2) is 15.8 Å². The molecule has 0 saturated carbocycles. The van der Waals surface area contributed by atoms with Gasteiger partial charge in [-0.1, -0.05) is 24.3 Å². The van der Waals surface area contributed by atoms with Crippen molar-refractivity contribution < 1.29 is 13.6 Å². The van der Waals surface area contributed by atoms with Gasteiger partial charge in [-0.25, -0.2) is 13.8 Å². The summed E-state index contributed by atoms with van der Waals surface area (Å²) in [6.07, 6.45) is 1.68. The monoisotopic (exact) mass is 313 g/mol. The van der Waals surface area contributed by atoms with Crippen LogP contribution in [0.2, 0.25) is 0 Å². The number of anilines is 1. The Morgan fingerprint density at radius 1 is 1.09 bits per heavy atom. The molecule has 0 fully saturated rings. The number of Topliss-reactive ketones (excluding diaryl/α,β-unsaturated/α-hetero) is 1. The normalized spacial score (nSPS) is 10.7. The molecule has 0 saturated heterocycles. The van der Waals surface area contributed by atoms with E-state index in [4.69, 9.17) is 5.73 Å². The summed E-state index contributed by atoms with van der Waals surface area (Å²) in [5, 5.41) is 0. The molecule has 3 aromatic rings. The van der Waals surface area contributed by atoms with Crippen molar-refractivity contribution in [2.75, 3.05) is 5.73 Å². The third-order valence-electron chi connectivity index (χ3n) is 3.41. The van der Waals surface area contributed by atoms with Crippen molar-refractivity contribution in [3.63, 3.8) is 0 Å². The number of nitrogens with one attached hydrogen (secondary N) is 1. The Labute approximate surface area is 131 Å². The number of aromatic amines is 1. The zero-order chi connectivity index (χ0) is 16.4. The molecule has 3 N–H and O–H groups in total. The molecule has 0 aliphatic heterocycles. The number of carbonyl (C=O) groups excluding carboxylic acids is 1. The maximum absolute atomic E-state index is 13.2. The quantitative estimate of drug-likeness (QED) is 0.725. The van der Waals surface area contributed by atoms with Crippen LogP contribution in [0.4, 0.5) is 14.7 Å². The molecule has 23 heavy (non-hydrogen) atoms. The molecule has 1 aromatic heterocycles. The van der Waals surface area contributed by atoms with Gasteiger partial charge in [0.15, 0.2) is 11.7 Å². The van der Waals surface area contributed by atoms with Crippen LogP contribution < -0.4 is 5.73 Å². The van der Waals surface area contributed by atoms with Gasteiger partial charge in [0.25, 0.3) is 0 Å². The first kappa shape index (κ1) is 14.9. The van der Waals surface area contributed by atoms with Crippen molar-refractivity contribution >= 4 is 11.7 Å². The summed E-state index contributed by atoms with van der Waals surface area (Å²) in [6, 6.07) is 10.0. The number of halogens is 2. The zero-order valence-electron chi connectivity index (χ0n) is 12.0. The number of hydrogen-bond donors (Lipinski definition) is 2. The Morgan fingerprint density at radius 3 is 2.30 bits per heavy atom. The van der Waals surface area contributed by atoms with Gasteiger partial charge < -0.3 is 10.7 Å². The van der Waals surface area contributed by atoms with Gasteiger partial charge in [0.2, 0.25) is 0 Å². The van der Waals surface area contributed by atoms with Crippen LogP contribution in [0.15, 0.2) is 48.7 Å². The molecule has 116 valence electrons. The minimum atomic E-state index is -0.763. The maximum atomic E-state index is 13.2. The average Bonchev–Trinajstić information content (AvgIpc) is 2.93. The maximum Gasteiger partial charge on any atom is 0.197 e. The molecule has 0 spiro atoms. The Morgan fingerprint density at radius 2 is 1.74 bits per heavy atom. The summed E-state index contributed by atoms with van der Waals surface area (Å²) in [7, 11) is 0. The predicted molar refractivity (Wildman–Crippen MR) is 82.8 cm³/mol. The lowest BCUT2D eigenvalue weighted by Crippen LogP contribution is -2.04. The highest BCUT2D eigenvalue weighted by atomic mass is 19.1. The number of H-pyrrole nitrogens is 1. The lowest BCUT2D eigenvalue weighted by molar-refractivity contribution is 0.0992. The molecular formula is C17H13F2N3O. The zero-order valence-corrected chi connectivity index (χ0v) is 12.0. The number of nitrogens with two attached hydrogens (primary N) is 1. The van der Waals surface area contributed by atoms with Gasteiger partial charge in [-0.2, -0.15) is 0 Å². The second-order valence-corrected chi connectivity index (χ2v) is 5.14. The summed E-state index contributed by atoms with van der Waals surface area (Å²) >= 11 is 0. The summed E-state index contributed by atoms with van der Waals surface area (Å²) in [5.41, 5.74) is 7.94. The predicted octanol–water partition coefficient (Wildman–Crippen LogP) is 3.36. The number of nitrogens with zero attached hydrogens (tertiary/aromatic N) is 1. The van der Waals surface area contributed by atoms with Crippen LogP contribution in [0.25, 0.3) is 11.3 Å². The standard InChI is InChI=1S/C17H13F2N3O/c18-13-6-12(7-14(19)8-13)16(23)5-10-1-3-11(4-2-10)15-9-21-17(20)22-15/h1-4,6-9H,5H2,(H3,20,21,22). The number of nitrogen functional groups attached to an aromatic ring is 1. The van der Waals surface area contributed by atoms with Gasteiger partial charge >= 0.3 is 0 Å². The molecule has 2 aromatic carbocycles. The van der Waals surface area contributed by atoms with Gasteiger partial charge in [-0.05, 0) is 23.3 Å². The molecule has 1 heterocycles. The summed E-state index contributed by atoms with van der Waals surface area (Å²) < 4.78 is 26.3. The fraction of sp³-hybridized carbons (Fsp3) is 0.0588. The van der Waals surface area contributed by atoms with E-state index in [0.29, 0.717) is 5.95 Å². The van der Waals surface area contributed by atoms with Crippen LogP contribution in [0, 0.1) is 11.6 Å². The third kappa shape index (κ3) is 3.42. The van der Waals surface area contributed by atoms with E-state index >= 15 is 0 Å². The van der Waals surface area contributed by atoms with Gasteiger partial charge in [-0.15, -0.1) is 0 Å². The van der Waals surface area contributed by atoms with Gasteiger partial charge in [0.1, 0.15) is 11.6 Å². The van der Waals surface area contributed by atoms with Crippen LogP contribution in [0.1, 0.15) is 15.9 Å². The summed E-state index contributed by atoms with van der Waals surface area (Å²) in [6.45, 7) is 0. The second-order valence-electron chi connectivity index (χ2n) is 5.14. The average molecular weight is 313 g/mol. The number of imidazole rings is 1. The van der Waals surface area contributed by atoms with Gasteiger partial charge in [0.05, 0.1) is 11.9 Å². The summed E-state index contributed by atoms with van der Waals surface area (Å²) in [4.78, 5) is 18.9. The molecule has 4 nitrogen and oxygen atoms in total. The number of hydrogen-bond acceptors (Lipinski definition) is 3. The van der Waals surface area contributed by atoms with E-state index in [1.165, 1.54) is 0 Å². The van der Waals surface area contributed by atoms with E-state index in [2.05, 4.69) is 9.97 Å². The molecule has 0 unspecified atom stereocenters. The fourth-order valence-corrected chi connectivity index (χ4v) is 2.29. The Hall–Kier alpha value is -3.02. The van der Waals surface area contributed by atoms with E-state index in [-0.39, 0.29) is 17.8 Å². The first-order valence-electron chi connectivity index (χ1n) is 6.90. The van der Waals surface area contributed by atoms with Gasteiger partial charge in [0, 0.05) is 18.1 Å². The first-order chi connectivity index (χ1) is 11.0. The van der Waals surface area contributed by atoms with Crippen molar-refractivity contribution in [3.05, 3.63) is 71.4 Å². The minimum Gasteiger partial charge on any atom is -0.369 e. The molecule has 0 aliphatic rings. The van der Waals surface area contributed by atoms with Crippen LogP contribution in [0.5, 0.6) is 0 Å². The van der Waals surface area contributed by atoms with E-state index in [9.17, 15) is 13.6 Å². The molecule has 0 radical (unpaired) electrons.